The predicted octanol–water partition coefficient (Wildman–Crippen LogP) is 3.48. The minimum atomic E-state index is -0.293. The van der Waals surface area contributed by atoms with Crippen LogP contribution >= 0.6 is 23.4 Å². The van der Waals surface area contributed by atoms with Gasteiger partial charge in [0.15, 0.2) is 0 Å². The van der Waals surface area contributed by atoms with Crippen LogP contribution in [0, 0.1) is 0 Å². The summed E-state index contributed by atoms with van der Waals surface area (Å²) in [5.41, 5.74) is 2.03. The molecule has 0 aliphatic carbocycles. The normalized spacial score (nSPS) is 10.8. The molecule has 0 bridgehead atoms. The number of fused-ring (bicyclic) bond motifs is 1. The molecule has 3 rings (SSSR count). The van der Waals surface area contributed by atoms with Crippen molar-refractivity contribution in [3.8, 4) is 0 Å². The number of amides is 1. The van der Waals surface area contributed by atoms with E-state index in [1.807, 2.05) is 12.3 Å². The number of H-pyrrole nitrogens is 2. The Bertz CT molecular complexity index is 917. The van der Waals surface area contributed by atoms with Gasteiger partial charge >= 0.3 is 5.69 Å². The molecule has 1 aromatic heterocycles. The number of rotatable bonds is 3. The molecule has 5 nitrogen and oxygen atoms in total. The Balaban J connectivity index is 1.90. The van der Waals surface area contributed by atoms with Gasteiger partial charge < -0.3 is 15.3 Å². The first kappa shape index (κ1) is 14.7. The monoisotopic (exact) mass is 333 g/mol. The summed E-state index contributed by atoms with van der Waals surface area (Å²) >= 11 is 7.63. The minimum absolute atomic E-state index is 0.283. The van der Waals surface area contributed by atoms with E-state index in [0.29, 0.717) is 27.3 Å². The minimum Gasteiger partial charge on any atom is -0.322 e. The van der Waals surface area contributed by atoms with Crippen molar-refractivity contribution in [2.75, 3.05) is 11.6 Å². The average Bonchev–Trinajstić information content (AvgIpc) is 2.87. The highest BCUT2D eigenvalue weighted by atomic mass is 35.5. The van der Waals surface area contributed by atoms with E-state index in [2.05, 4.69) is 15.3 Å². The van der Waals surface area contributed by atoms with Gasteiger partial charge in [-0.05, 0) is 42.7 Å². The number of hydrogen-bond donors (Lipinski definition) is 3. The first-order valence-electron chi connectivity index (χ1n) is 6.44. The zero-order valence-corrected chi connectivity index (χ0v) is 13.1. The van der Waals surface area contributed by atoms with Crippen molar-refractivity contribution in [1.29, 1.82) is 0 Å². The lowest BCUT2D eigenvalue weighted by molar-refractivity contribution is 0.102. The zero-order valence-electron chi connectivity index (χ0n) is 11.6. The number of carbonyl (C=O) groups excluding carboxylic acids is 1. The summed E-state index contributed by atoms with van der Waals surface area (Å²) in [6.07, 6.45) is 1.93. The summed E-state index contributed by atoms with van der Waals surface area (Å²) in [5.74, 6) is -0.293. The second-order valence-corrected chi connectivity index (χ2v) is 5.93. The van der Waals surface area contributed by atoms with E-state index < -0.39 is 0 Å². The molecule has 1 heterocycles. The molecule has 0 saturated carbocycles. The van der Waals surface area contributed by atoms with E-state index in [1.165, 1.54) is 11.8 Å². The smallest absolute Gasteiger partial charge is 0.322 e. The van der Waals surface area contributed by atoms with Crippen LogP contribution in [0.3, 0.4) is 0 Å². The number of halogens is 1. The highest BCUT2D eigenvalue weighted by molar-refractivity contribution is 7.98. The Morgan fingerprint density at radius 2 is 1.91 bits per heavy atom. The van der Waals surface area contributed by atoms with Gasteiger partial charge in [-0.2, -0.15) is 0 Å². The van der Waals surface area contributed by atoms with Crippen LogP contribution in [-0.2, 0) is 0 Å². The quantitative estimate of drug-likeness (QED) is 0.642. The summed E-state index contributed by atoms with van der Waals surface area (Å²) in [5, 5.41) is 3.18. The van der Waals surface area contributed by atoms with E-state index in [1.54, 1.807) is 30.3 Å². The molecule has 112 valence electrons. The van der Waals surface area contributed by atoms with E-state index in [0.717, 1.165) is 4.90 Å². The van der Waals surface area contributed by atoms with Gasteiger partial charge in [0.2, 0.25) is 0 Å². The Hall–Kier alpha value is -2.18. The molecule has 7 heteroatoms. The van der Waals surface area contributed by atoms with Gasteiger partial charge in [0.05, 0.1) is 21.6 Å². The fourth-order valence-corrected chi connectivity index (χ4v) is 2.76. The third-order valence-corrected chi connectivity index (χ3v) is 4.25. The van der Waals surface area contributed by atoms with Crippen LogP contribution in [0.25, 0.3) is 11.0 Å². The van der Waals surface area contributed by atoms with Crippen molar-refractivity contribution in [2.24, 2.45) is 0 Å². The highest BCUT2D eigenvalue weighted by Crippen LogP contribution is 2.24. The van der Waals surface area contributed by atoms with Gasteiger partial charge in [-0.3, -0.25) is 4.79 Å². The van der Waals surface area contributed by atoms with Crippen LogP contribution in [0.15, 0.2) is 46.1 Å². The summed E-state index contributed by atoms with van der Waals surface area (Å²) in [4.78, 5) is 29.9. The second-order valence-electron chi connectivity index (χ2n) is 4.64. The molecular formula is C15H12ClN3O2S. The first-order valence-corrected chi connectivity index (χ1v) is 8.04. The summed E-state index contributed by atoms with van der Waals surface area (Å²) in [7, 11) is 0. The van der Waals surface area contributed by atoms with Gasteiger partial charge in [-0.1, -0.05) is 11.6 Å². The second kappa shape index (κ2) is 5.90. The van der Waals surface area contributed by atoms with Gasteiger partial charge in [-0.15, -0.1) is 11.8 Å². The van der Waals surface area contributed by atoms with Crippen molar-refractivity contribution in [3.63, 3.8) is 0 Å². The van der Waals surface area contributed by atoms with E-state index in [9.17, 15) is 9.59 Å². The number of hydrogen-bond acceptors (Lipinski definition) is 3. The fraction of sp³-hybridized carbons (Fsp3) is 0.0667. The average molecular weight is 334 g/mol. The molecule has 3 aromatic rings. The number of anilines is 1. The van der Waals surface area contributed by atoms with Crippen molar-refractivity contribution >= 4 is 46.0 Å². The maximum Gasteiger partial charge on any atom is 0.323 e. The molecule has 2 aromatic carbocycles. The van der Waals surface area contributed by atoms with Crippen molar-refractivity contribution in [3.05, 3.63) is 57.5 Å². The Morgan fingerprint density at radius 1 is 1.14 bits per heavy atom. The zero-order chi connectivity index (χ0) is 15.7. The van der Waals surface area contributed by atoms with Gasteiger partial charge in [0.1, 0.15) is 0 Å². The van der Waals surface area contributed by atoms with Crippen LogP contribution in [0.4, 0.5) is 5.69 Å². The highest BCUT2D eigenvalue weighted by Gasteiger charge is 2.12. The summed E-state index contributed by atoms with van der Waals surface area (Å²) in [6, 6.07) is 10.4. The molecule has 0 atom stereocenters. The Morgan fingerprint density at radius 3 is 2.68 bits per heavy atom. The van der Waals surface area contributed by atoms with Crippen LogP contribution in [0.1, 0.15) is 10.4 Å². The fourth-order valence-electron chi connectivity index (χ4n) is 2.11. The van der Waals surface area contributed by atoms with Gasteiger partial charge in [-0.25, -0.2) is 4.79 Å². The Kier molecular flexibility index (Phi) is 3.96. The van der Waals surface area contributed by atoms with Crippen LogP contribution in [-0.4, -0.2) is 22.1 Å². The van der Waals surface area contributed by atoms with Crippen molar-refractivity contribution < 1.29 is 4.79 Å². The molecular weight excluding hydrogens is 322 g/mol. The standard InChI is InChI=1S/C15H12ClN3O2S/c1-22-9-3-4-11(16)10(7-9)14(20)17-8-2-5-12-13(6-8)19-15(21)18-12/h2-7H,1H3,(H,17,20)(H2,18,19,21). The third kappa shape index (κ3) is 2.88. The lowest BCUT2D eigenvalue weighted by atomic mass is 10.2. The SMILES string of the molecule is CSc1ccc(Cl)c(C(=O)Nc2ccc3[nH]c(=O)[nH]c3c2)c1. The summed E-state index contributed by atoms with van der Waals surface area (Å²) < 4.78 is 0. The van der Waals surface area contributed by atoms with E-state index in [-0.39, 0.29) is 11.6 Å². The molecule has 0 fully saturated rings. The predicted molar refractivity (Wildman–Crippen MR) is 90.1 cm³/mol. The maximum atomic E-state index is 12.4. The number of thioether (sulfide) groups is 1. The molecule has 0 saturated heterocycles. The van der Waals surface area contributed by atoms with Crippen molar-refractivity contribution in [1.82, 2.24) is 9.97 Å². The molecule has 3 N–H and O–H groups in total. The molecule has 0 radical (unpaired) electrons. The number of nitrogens with one attached hydrogen (secondary N) is 3. The van der Waals surface area contributed by atoms with Crippen molar-refractivity contribution in [2.45, 2.75) is 4.90 Å². The number of imidazole rings is 1. The van der Waals surface area contributed by atoms with Gasteiger partial charge in [0, 0.05) is 10.6 Å². The molecule has 22 heavy (non-hydrogen) atoms. The topological polar surface area (TPSA) is 77.8 Å². The van der Waals surface area contributed by atoms with E-state index in [4.69, 9.17) is 11.6 Å². The van der Waals surface area contributed by atoms with Crippen LogP contribution in [0.5, 0.6) is 0 Å². The number of aromatic amines is 2. The number of carbonyl (C=O) groups is 1. The largest absolute Gasteiger partial charge is 0.323 e. The third-order valence-electron chi connectivity index (χ3n) is 3.19. The molecule has 0 spiro atoms. The number of aromatic nitrogens is 2. The van der Waals surface area contributed by atoms with E-state index >= 15 is 0 Å². The van der Waals surface area contributed by atoms with Crippen LogP contribution in [0.2, 0.25) is 5.02 Å². The molecule has 1 amide bonds. The molecule has 0 aliphatic rings. The lowest BCUT2D eigenvalue weighted by Crippen LogP contribution is -2.12. The maximum absolute atomic E-state index is 12.4. The van der Waals surface area contributed by atoms with Gasteiger partial charge in [0.25, 0.3) is 5.91 Å². The lowest BCUT2D eigenvalue weighted by Gasteiger charge is -2.08. The Labute approximate surface area is 135 Å². The molecule has 0 unspecified atom stereocenters. The molecule has 0 aliphatic heterocycles. The number of benzene rings is 2. The summed E-state index contributed by atoms with van der Waals surface area (Å²) in [6.45, 7) is 0. The first-order chi connectivity index (χ1) is 10.6. The van der Waals surface area contributed by atoms with Crippen LogP contribution < -0.4 is 11.0 Å².